The number of hydrogen-bond donors (Lipinski definition) is 1. The maximum Gasteiger partial charge on any atom is 0.258 e. The summed E-state index contributed by atoms with van der Waals surface area (Å²) in [5.41, 5.74) is 2.25. The Hall–Kier alpha value is -1.95. The van der Waals surface area contributed by atoms with Crippen molar-refractivity contribution in [2.24, 2.45) is 0 Å². The van der Waals surface area contributed by atoms with Gasteiger partial charge in [0.25, 0.3) is 5.91 Å². The molecule has 22 heavy (non-hydrogen) atoms. The molecule has 0 unspecified atom stereocenters. The van der Waals surface area contributed by atoms with Gasteiger partial charge in [0.2, 0.25) is 5.95 Å². The lowest BCUT2D eigenvalue weighted by atomic mass is 10.2. The van der Waals surface area contributed by atoms with E-state index in [1.807, 2.05) is 43.9 Å². The third kappa shape index (κ3) is 3.82. The Balaban J connectivity index is 2.11. The first-order chi connectivity index (χ1) is 10.5. The Morgan fingerprint density at radius 3 is 2.41 bits per heavy atom. The summed E-state index contributed by atoms with van der Waals surface area (Å²) in [6.45, 7) is 7.73. The van der Waals surface area contributed by atoms with Crippen molar-refractivity contribution >= 4 is 33.5 Å². The lowest BCUT2D eigenvalue weighted by molar-refractivity contribution is 0.102. The van der Waals surface area contributed by atoms with Gasteiger partial charge < -0.3 is 10.2 Å². The van der Waals surface area contributed by atoms with E-state index in [1.54, 1.807) is 12.4 Å². The zero-order valence-corrected chi connectivity index (χ0v) is 14.5. The smallest absolute Gasteiger partial charge is 0.258 e. The van der Waals surface area contributed by atoms with Crippen LogP contribution in [0.5, 0.6) is 0 Å². The molecule has 0 spiro atoms. The molecule has 2 aromatic rings. The fourth-order valence-electron chi connectivity index (χ4n) is 2.03. The highest BCUT2D eigenvalue weighted by atomic mass is 79.9. The van der Waals surface area contributed by atoms with Gasteiger partial charge >= 0.3 is 0 Å². The van der Waals surface area contributed by atoms with Crippen LogP contribution in [0.4, 0.5) is 11.6 Å². The van der Waals surface area contributed by atoms with Gasteiger partial charge in [-0.15, -0.1) is 0 Å². The van der Waals surface area contributed by atoms with Crippen LogP contribution in [-0.4, -0.2) is 29.0 Å². The van der Waals surface area contributed by atoms with Gasteiger partial charge in [-0.2, -0.15) is 0 Å². The maximum absolute atomic E-state index is 12.2. The predicted octanol–water partition coefficient (Wildman–Crippen LogP) is 3.65. The standard InChI is InChI=1S/C16H19BrN4O/c1-4-21(5-2)16-18-9-12(10-19-16)15(22)20-13-6-7-14(17)11(3)8-13/h6-10H,4-5H2,1-3H3,(H,20,22). The van der Waals surface area contributed by atoms with Crippen molar-refractivity contribution in [2.45, 2.75) is 20.8 Å². The number of aromatic nitrogens is 2. The van der Waals surface area contributed by atoms with E-state index in [2.05, 4.69) is 31.2 Å². The number of nitrogens with zero attached hydrogens (tertiary/aromatic N) is 3. The van der Waals surface area contributed by atoms with Crippen LogP contribution in [-0.2, 0) is 0 Å². The van der Waals surface area contributed by atoms with Crippen molar-refractivity contribution in [1.29, 1.82) is 0 Å². The normalized spacial score (nSPS) is 10.4. The average molecular weight is 363 g/mol. The minimum atomic E-state index is -0.215. The molecular formula is C16H19BrN4O. The van der Waals surface area contributed by atoms with Gasteiger partial charge in [0.15, 0.2) is 0 Å². The zero-order chi connectivity index (χ0) is 16.1. The first kappa shape index (κ1) is 16.4. The maximum atomic E-state index is 12.2. The van der Waals surface area contributed by atoms with Gasteiger partial charge in [0.05, 0.1) is 5.56 Å². The molecule has 0 saturated heterocycles. The molecular weight excluding hydrogens is 344 g/mol. The molecule has 0 atom stereocenters. The Morgan fingerprint density at radius 2 is 1.86 bits per heavy atom. The largest absolute Gasteiger partial charge is 0.341 e. The number of hydrogen-bond acceptors (Lipinski definition) is 4. The molecule has 0 saturated carbocycles. The number of carbonyl (C=O) groups excluding carboxylic acids is 1. The molecule has 0 fully saturated rings. The molecule has 116 valence electrons. The van der Waals surface area contributed by atoms with Gasteiger partial charge in [0, 0.05) is 35.6 Å². The van der Waals surface area contributed by atoms with E-state index in [-0.39, 0.29) is 5.91 Å². The number of anilines is 2. The Kier molecular flexibility index (Phi) is 5.49. The molecule has 0 radical (unpaired) electrons. The molecule has 0 aliphatic heterocycles. The fourth-order valence-corrected chi connectivity index (χ4v) is 2.28. The van der Waals surface area contributed by atoms with E-state index in [0.29, 0.717) is 11.5 Å². The summed E-state index contributed by atoms with van der Waals surface area (Å²) < 4.78 is 1.01. The predicted molar refractivity (Wildman–Crippen MR) is 92.4 cm³/mol. The van der Waals surface area contributed by atoms with Gasteiger partial charge in [-0.05, 0) is 44.5 Å². The summed E-state index contributed by atoms with van der Waals surface area (Å²) in [4.78, 5) is 22.8. The second-order valence-electron chi connectivity index (χ2n) is 4.86. The van der Waals surface area contributed by atoms with Crippen LogP contribution in [0.2, 0.25) is 0 Å². The van der Waals surface area contributed by atoms with E-state index in [4.69, 9.17) is 0 Å². The van der Waals surface area contributed by atoms with Crippen LogP contribution in [0.3, 0.4) is 0 Å². The third-order valence-electron chi connectivity index (χ3n) is 3.36. The third-order valence-corrected chi connectivity index (χ3v) is 4.25. The second kappa shape index (κ2) is 7.35. The van der Waals surface area contributed by atoms with Crippen LogP contribution in [0, 0.1) is 6.92 Å². The molecule has 6 heteroatoms. The number of amides is 1. The molecule has 1 N–H and O–H groups in total. The molecule has 1 amide bonds. The second-order valence-corrected chi connectivity index (χ2v) is 5.72. The molecule has 1 aromatic carbocycles. The number of carbonyl (C=O) groups is 1. The first-order valence-electron chi connectivity index (χ1n) is 7.19. The summed E-state index contributed by atoms with van der Waals surface area (Å²) >= 11 is 3.44. The number of rotatable bonds is 5. The molecule has 1 aromatic heterocycles. The quantitative estimate of drug-likeness (QED) is 0.881. The van der Waals surface area contributed by atoms with Gasteiger partial charge in [-0.25, -0.2) is 9.97 Å². The summed E-state index contributed by atoms with van der Waals surface area (Å²) in [6, 6.07) is 5.66. The van der Waals surface area contributed by atoms with Crippen LogP contribution in [0.15, 0.2) is 35.1 Å². The summed E-state index contributed by atoms with van der Waals surface area (Å²) in [5.74, 6) is 0.425. The fraction of sp³-hybridized carbons (Fsp3) is 0.312. The molecule has 1 heterocycles. The lowest BCUT2D eigenvalue weighted by Crippen LogP contribution is -2.24. The molecule has 2 rings (SSSR count). The van der Waals surface area contributed by atoms with E-state index in [0.717, 1.165) is 28.8 Å². The summed E-state index contributed by atoms with van der Waals surface area (Å²) in [6.07, 6.45) is 3.11. The van der Waals surface area contributed by atoms with E-state index < -0.39 is 0 Å². The number of halogens is 1. The Bertz CT molecular complexity index is 654. The van der Waals surface area contributed by atoms with E-state index >= 15 is 0 Å². The molecule has 0 aliphatic carbocycles. The van der Waals surface area contributed by atoms with E-state index in [1.165, 1.54) is 0 Å². The van der Waals surface area contributed by atoms with Crippen molar-refractivity contribution < 1.29 is 4.79 Å². The van der Waals surface area contributed by atoms with Crippen molar-refractivity contribution in [3.8, 4) is 0 Å². The van der Waals surface area contributed by atoms with E-state index in [9.17, 15) is 4.79 Å². The van der Waals surface area contributed by atoms with Gasteiger partial charge in [-0.3, -0.25) is 4.79 Å². The Labute approximate surface area is 138 Å². The Morgan fingerprint density at radius 1 is 1.23 bits per heavy atom. The van der Waals surface area contributed by atoms with Crippen LogP contribution in [0.25, 0.3) is 0 Å². The van der Waals surface area contributed by atoms with Gasteiger partial charge in [0.1, 0.15) is 0 Å². The average Bonchev–Trinajstić information content (AvgIpc) is 2.53. The topological polar surface area (TPSA) is 58.1 Å². The SMILES string of the molecule is CCN(CC)c1ncc(C(=O)Nc2ccc(Br)c(C)c2)cn1. The number of nitrogens with one attached hydrogen (secondary N) is 1. The monoisotopic (exact) mass is 362 g/mol. The zero-order valence-electron chi connectivity index (χ0n) is 12.9. The minimum absolute atomic E-state index is 0.215. The number of aryl methyl sites for hydroxylation is 1. The highest BCUT2D eigenvalue weighted by Crippen LogP contribution is 2.20. The van der Waals surface area contributed by atoms with Crippen LogP contribution >= 0.6 is 15.9 Å². The van der Waals surface area contributed by atoms with Crippen LogP contribution in [0.1, 0.15) is 29.8 Å². The lowest BCUT2D eigenvalue weighted by Gasteiger charge is -2.18. The summed E-state index contributed by atoms with van der Waals surface area (Å²) in [7, 11) is 0. The van der Waals surface area contributed by atoms with Crippen molar-refractivity contribution in [2.75, 3.05) is 23.3 Å². The summed E-state index contributed by atoms with van der Waals surface area (Å²) in [5, 5.41) is 2.85. The van der Waals surface area contributed by atoms with Gasteiger partial charge in [-0.1, -0.05) is 15.9 Å². The van der Waals surface area contributed by atoms with Crippen molar-refractivity contribution in [1.82, 2.24) is 9.97 Å². The molecule has 5 nitrogen and oxygen atoms in total. The van der Waals surface area contributed by atoms with Crippen molar-refractivity contribution in [3.63, 3.8) is 0 Å². The first-order valence-corrected chi connectivity index (χ1v) is 7.99. The van der Waals surface area contributed by atoms with Crippen LogP contribution < -0.4 is 10.2 Å². The number of benzene rings is 1. The highest BCUT2D eigenvalue weighted by Gasteiger charge is 2.10. The van der Waals surface area contributed by atoms with Crippen molar-refractivity contribution in [3.05, 3.63) is 46.2 Å². The molecule has 0 aliphatic rings. The minimum Gasteiger partial charge on any atom is -0.341 e. The molecule has 0 bridgehead atoms. The highest BCUT2D eigenvalue weighted by molar-refractivity contribution is 9.10.